The first kappa shape index (κ1) is 16.3. The number of anilines is 1. The van der Waals surface area contributed by atoms with Gasteiger partial charge in [0.15, 0.2) is 0 Å². The molecule has 0 amide bonds. The van der Waals surface area contributed by atoms with Crippen molar-refractivity contribution in [3.05, 3.63) is 24.3 Å². The third-order valence-corrected chi connectivity index (χ3v) is 3.54. The Labute approximate surface area is 119 Å². The van der Waals surface area contributed by atoms with Crippen molar-refractivity contribution in [2.24, 2.45) is 0 Å². The Morgan fingerprint density at radius 2 is 1.85 bits per heavy atom. The maximum Gasteiger partial charge on any atom is 0.326 e. The Balaban J connectivity index is 3.15. The van der Waals surface area contributed by atoms with Gasteiger partial charge in [-0.1, -0.05) is 12.1 Å². The molecule has 0 unspecified atom stereocenters. The largest absolute Gasteiger partial charge is 0.492 e. The highest BCUT2D eigenvalue weighted by molar-refractivity contribution is 7.92. The standard InChI is InChI=1S/C13H19NO5S/c1-4-18-12-9-7-6-8-11(12)14(20(3,16)17)10-13(15)19-5-2/h6-9H,4-5,10H2,1-3H3. The van der Waals surface area contributed by atoms with Crippen molar-refractivity contribution in [3.63, 3.8) is 0 Å². The van der Waals surface area contributed by atoms with Crippen LogP contribution in [0.15, 0.2) is 24.3 Å². The molecule has 112 valence electrons. The average Bonchev–Trinajstić information content (AvgIpc) is 2.36. The molecule has 0 bridgehead atoms. The summed E-state index contributed by atoms with van der Waals surface area (Å²) >= 11 is 0. The molecule has 6 nitrogen and oxygen atoms in total. The zero-order valence-corrected chi connectivity index (χ0v) is 12.6. The molecule has 0 fully saturated rings. The number of rotatable bonds is 7. The van der Waals surface area contributed by atoms with Gasteiger partial charge in [0, 0.05) is 0 Å². The first-order chi connectivity index (χ1) is 9.40. The summed E-state index contributed by atoms with van der Waals surface area (Å²) < 4.78 is 35.0. The number of benzene rings is 1. The van der Waals surface area contributed by atoms with E-state index < -0.39 is 16.0 Å². The number of ether oxygens (including phenoxy) is 2. The van der Waals surface area contributed by atoms with Crippen molar-refractivity contribution in [2.45, 2.75) is 13.8 Å². The Morgan fingerprint density at radius 3 is 2.40 bits per heavy atom. The molecule has 0 aliphatic rings. The summed E-state index contributed by atoms with van der Waals surface area (Å²) in [5.74, 6) is -0.200. The van der Waals surface area contributed by atoms with E-state index in [1.54, 1.807) is 38.1 Å². The van der Waals surface area contributed by atoms with Crippen molar-refractivity contribution in [2.75, 3.05) is 30.3 Å². The summed E-state index contributed by atoms with van der Waals surface area (Å²) in [7, 11) is -3.62. The summed E-state index contributed by atoms with van der Waals surface area (Å²) in [6.45, 7) is 3.68. The smallest absolute Gasteiger partial charge is 0.326 e. The summed E-state index contributed by atoms with van der Waals surface area (Å²) in [5.41, 5.74) is 0.324. The van der Waals surface area contributed by atoms with Crippen LogP contribution >= 0.6 is 0 Å². The van der Waals surface area contributed by atoms with E-state index in [0.717, 1.165) is 10.6 Å². The molecule has 0 N–H and O–H groups in total. The lowest BCUT2D eigenvalue weighted by atomic mass is 10.3. The van der Waals surface area contributed by atoms with Gasteiger partial charge >= 0.3 is 5.97 Å². The Hall–Kier alpha value is -1.76. The molecule has 20 heavy (non-hydrogen) atoms. The monoisotopic (exact) mass is 301 g/mol. The number of nitrogens with zero attached hydrogens (tertiary/aromatic N) is 1. The highest BCUT2D eigenvalue weighted by Crippen LogP contribution is 2.29. The minimum absolute atomic E-state index is 0.198. The average molecular weight is 301 g/mol. The zero-order valence-electron chi connectivity index (χ0n) is 11.8. The van der Waals surface area contributed by atoms with Crippen LogP contribution in [0, 0.1) is 0 Å². The van der Waals surface area contributed by atoms with Crippen LogP contribution in [0.4, 0.5) is 5.69 Å². The lowest BCUT2D eigenvalue weighted by Gasteiger charge is -2.23. The van der Waals surface area contributed by atoms with Crippen molar-refractivity contribution in [3.8, 4) is 5.75 Å². The second-order valence-corrected chi connectivity index (χ2v) is 5.88. The number of sulfonamides is 1. The molecule has 0 atom stereocenters. The van der Waals surface area contributed by atoms with E-state index >= 15 is 0 Å². The normalized spacial score (nSPS) is 10.9. The van der Waals surface area contributed by atoms with E-state index in [0.29, 0.717) is 18.0 Å². The molecule has 0 spiro atoms. The van der Waals surface area contributed by atoms with Gasteiger partial charge in [-0.15, -0.1) is 0 Å². The highest BCUT2D eigenvalue weighted by Gasteiger charge is 2.24. The molecule has 1 rings (SSSR count). The van der Waals surface area contributed by atoms with Gasteiger partial charge in [0.25, 0.3) is 0 Å². The topological polar surface area (TPSA) is 72.9 Å². The molecule has 0 aliphatic heterocycles. The first-order valence-corrected chi connectivity index (χ1v) is 8.10. The Kier molecular flexibility index (Phi) is 5.82. The van der Waals surface area contributed by atoms with Crippen molar-refractivity contribution in [1.82, 2.24) is 0 Å². The Bertz CT molecular complexity index is 556. The van der Waals surface area contributed by atoms with Crippen LogP contribution in [0.25, 0.3) is 0 Å². The number of hydrogen-bond donors (Lipinski definition) is 0. The zero-order chi connectivity index (χ0) is 15.2. The van der Waals surface area contributed by atoms with Crippen LogP contribution in [0.3, 0.4) is 0 Å². The van der Waals surface area contributed by atoms with Crippen LogP contribution < -0.4 is 9.04 Å². The fourth-order valence-corrected chi connectivity index (χ4v) is 2.49. The van der Waals surface area contributed by atoms with Crippen LogP contribution in [0.5, 0.6) is 5.75 Å². The molecule has 7 heteroatoms. The van der Waals surface area contributed by atoms with Gasteiger partial charge < -0.3 is 9.47 Å². The van der Waals surface area contributed by atoms with E-state index in [9.17, 15) is 13.2 Å². The summed E-state index contributed by atoms with van der Waals surface area (Å²) in [6, 6.07) is 6.66. The molecule has 0 radical (unpaired) electrons. The number of hydrogen-bond acceptors (Lipinski definition) is 5. The quantitative estimate of drug-likeness (QED) is 0.712. The fourth-order valence-electron chi connectivity index (χ4n) is 1.65. The van der Waals surface area contributed by atoms with E-state index in [1.807, 2.05) is 0 Å². The van der Waals surface area contributed by atoms with E-state index in [1.165, 1.54) is 0 Å². The number of para-hydroxylation sites is 2. The van der Waals surface area contributed by atoms with Gasteiger partial charge in [-0.05, 0) is 26.0 Å². The maximum atomic E-state index is 11.9. The third kappa shape index (κ3) is 4.41. The first-order valence-electron chi connectivity index (χ1n) is 6.25. The van der Waals surface area contributed by atoms with Crippen LogP contribution in [0.2, 0.25) is 0 Å². The lowest BCUT2D eigenvalue weighted by molar-refractivity contribution is -0.141. The molecule has 0 saturated heterocycles. The molecule has 0 saturated carbocycles. The van der Waals surface area contributed by atoms with Gasteiger partial charge in [0.1, 0.15) is 12.3 Å². The van der Waals surface area contributed by atoms with Gasteiger partial charge in [-0.3, -0.25) is 9.10 Å². The van der Waals surface area contributed by atoms with E-state index in [-0.39, 0.29) is 13.2 Å². The number of carbonyl (C=O) groups is 1. The molecular formula is C13H19NO5S. The maximum absolute atomic E-state index is 11.9. The van der Waals surface area contributed by atoms with E-state index in [4.69, 9.17) is 9.47 Å². The van der Waals surface area contributed by atoms with Gasteiger partial charge in [-0.25, -0.2) is 8.42 Å². The van der Waals surface area contributed by atoms with Crippen LogP contribution in [-0.2, 0) is 19.6 Å². The molecule has 0 heterocycles. The van der Waals surface area contributed by atoms with Gasteiger partial charge in [0.05, 0.1) is 25.2 Å². The van der Waals surface area contributed by atoms with E-state index in [2.05, 4.69) is 0 Å². The van der Waals surface area contributed by atoms with Crippen LogP contribution in [-0.4, -0.2) is 40.4 Å². The molecule has 1 aromatic carbocycles. The number of esters is 1. The molecule has 1 aromatic rings. The molecule has 0 aliphatic carbocycles. The fraction of sp³-hybridized carbons (Fsp3) is 0.462. The predicted molar refractivity (Wildman–Crippen MR) is 76.4 cm³/mol. The third-order valence-electron chi connectivity index (χ3n) is 2.41. The minimum atomic E-state index is -3.62. The van der Waals surface area contributed by atoms with Gasteiger partial charge in [0.2, 0.25) is 10.0 Å². The summed E-state index contributed by atoms with van der Waals surface area (Å²) in [6.07, 6.45) is 1.04. The SMILES string of the molecule is CCOC(=O)CN(c1ccccc1OCC)S(C)(=O)=O. The predicted octanol–water partition coefficient (Wildman–Crippen LogP) is 1.41. The van der Waals surface area contributed by atoms with Crippen LogP contribution in [0.1, 0.15) is 13.8 Å². The second-order valence-electron chi connectivity index (χ2n) is 3.98. The Morgan fingerprint density at radius 1 is 1.20 bits per heavy atom. The van der Waals surface area contributed by atoms with Crippen molar-refractivity contribution < 1.29 is 22.7 Å². The second kappa shape index (κ2) is 7.14. The highest BCUT2D eigenvalue weighted by atomic mass is 32.2. The van der Waals surface area contributed by atoms with Gasteiger partial charge in [-0.2, -0.15) is 0 Å². The number of carbonyl (C=O) groups excluding carboxylic acids is 1. The summed E-state index contributed by atoms with van der Waals surface area (Å²) in [4.78, 5) is 11.6. The van der Waals surface area contributed by atoms with Crippen molar-refractivity contribution >= 4 is 21.7 Å². The molecular weight excluding hydrogens is 282 g/mol. The van der Waals surface area contributed by atoms with Crippen molar-refractivity contribution in [1.29, 1.82) is 0 Å². The lowest BCUT2D eigenvalue weighted by Crippen LogP contribution is -2.36. The minimum Gasteiger partial charge on any atom is -0.492 e. The summed E-state index contributed by atoms with van der Waals surface area (Å²) in [5, 5.41) is 0. The molecule has 0 aromatic heterocycles.